The van der Waals surface area contributed by atoms with Crippen LogP contribution >= 0.6 is 0 Å². The van der Waals surface area contributed by atoms with Crippen molar-refractivity contribution in [3.8, 4) is 5.69 Å². The van der Waals surface area contributed by atoms with Gasteiger partial charge < -0.3 is 4.90 Å². The summed E-state index contributed by atoms with van der Waals surface area (Å²) in [6.45, 7) is 5.63. The van der Waals surface area contributed by atoms with Crippen molar-refractivity contribution < 1.29 is 17.6 Å². The van der Waals surface area contributed by atoms with Gasteiger partial charge in [-0.15, -0.1) is 0 Å². The lowest BCUT2D eigenvalue weighted by Crippen LogP contribution is -2.28. The van der Waals surface area contributed by atoms with Gasteiger partial charge in [-0.3, -0.25) is 4.79 Å². The first-order valence-electron chi connectivity index (χ1n) is 10.1. The van der Waals surface area contributed by atoms with Crippen LogP contribution < -0.4 is 0 Å². The van der Waals surface area contributed by atoms with Gasteiger partial charge in [-0.05, 0) is 68.8 Å². The van der Waals surface area contributed by atoms with Gasteiger partial charge in [0.25, 0.3) is 0 Å². The summed E-state index contributed by atoms with van der Waals surface area (Å²) in [6, 6.07) is 12.3. The molecule has 1 aromatic heterocycles. The lowest BCUT2D eigenvalue weighted by molar-refractivity contribution is -0.126. The molecule has 2 aromatic carbocycles. The lowest BCUT2D eigenvalue weighted by Gasteiger charge is -2.24. The number of hydrogen-bond acceptors (Lipinski definition) is 4. The highest BCUT2D eigenvalue weighted by Crippen LogP contribution is 2.23. The summed E-state index contributed by atoms with van der Waals surface area (Å²) in [5.74, 6) is -0.512. The van der Waals surface area contributed by atoms with Crippen LogP contribution in [0.25, 0.3) is 11.8 Å². The van der Waals surface area contributed by atoms with E-state index in [1.807, 2.05) is 20.8 Å². The SMILES string of the molecule is Cc1nn(-c2ccc(F)cc2)c(C)c1/C=C/C(=O)N(C)C(C)c1ccc(S(C)(=O)=O)cc1. The highest BCUT2D eigenvalue weighted by molar-refractivity contribution is 7.90. The van der Waals surface area contributed by atoms with Gasteiger partial charge in [-0.25, -0.2) is 17.5 Å². The first-order chi connectivity index (χ1) is 15.0. The Bertz CT molecular complexity index is 1260. The minimum absolute atomic E-state index is 0.196. The molecule has 1 amide bonds. The van der Waals surface area contributed by atoms with Crippen LogP contribution in [0.1, 0.15) is 35.5 Å². The van der Waals surface area contributed by atoms with Crippen molar-refractivity contribution in [1.29, 1.82) is 0 Å². The summed E-state index contributed by atoms with van der Waals surface area (Å²) in [7, 11) is -1.57. The number of nitrogens with zero attached hydrogens (tertiary/aromatic N) is 3. The molecular formula is C24H26FN3O3S. The van der Waals surface area contributed by atoms with Crippen molar-refractivity contribution in [1.82, 2.24) is 14.7 Å². The molecule has 0 spiro atoms. The standard InChI is InChI=1S/C24H26FN3O3S/c1-16-23(18(3)28(26-16)21-10-8-20(25)9-11-21)14-15-24(29)27(4)17(2)19-6-12-22(13-7-19)32(5,30)31/h6-15,17H,1-5H3/b15-14+. The van der Waals surface area contributed by atoms with Crippen molar-refractivity contribution in [3.63, 3.8) is 0 Å². The molecule has 0 radical (unpaired) electrons. The predicted octanol–water partition coefficient (Wildman–Crippen LogP) is 4.26. The third-order valence-corrected chi connectivity index (χ3v) is 6.66. The molecular weight excluding hydrogens is 429 g/mol. The maximum atomic E-state index is 13.2. The summed E-state index contributed by atoms with van der Waals surface area (Å²) in [5, 5.41) is 4.51. The van der Waals surface area contributed by atoms with Gasteiger partial charge in [-0.2, -0.15) is 5.10 Å². The number of benzene rings is 2. The number of amides is 1. The summed E-state index contributed by atoms with van der Waals surface area (Å²) < 4.78 is 38.2. The van der Waals surface area contributed by atoms with E-state index in [2.05, 4.69) is 5.10 Å². The van der Waals surface area contributed by atoms with E-state index in [1.54, 1.807) is 59.1 Å². The van der Waals surface area contributed by atoms with Gasteiger partial charge in [0.05, 0.1) is 22.3 Å². The van der Waals surface area contributed by atoms with Gasteiger partial charge in [0.15, 0.2) is 9.84 Å². The van der Waals surface area contributed by atoms with E-state index in [9.17, 15) is 17.6 Å². The quantitative estimate of drug-likeness (QED) is 0.521. The second-order valence-electron chi connectivity index (χ2n) is 7.77. The zero-order chi connectivity index (χ0) is 23.6. The molecule has 0 N–H and O–H groups in total. The number of hydrogen-bond donors (Lipinski definition) is 0. The molecule has 1 heterocycles. The van der Waals surface area contributed by atoms with Crippen LogP contribution in [-0.4, -0.2) is 42.3 Å². The van der Waals surface area contributed by atoms with Gasteiger partial charge in [0.2, 0.25) is 5.91 Å². The van der Waals surface area contributed by atoms with E-state index in [4.69, 9.17) is 0 Å². The van der Waals surface area contributed by atoms with E-state index >= 15 is 0 Å². The zero-order valence-corrected chi connectivity index (χ0v) is 19.5. The van der Waals surface area contributed by atoms with Crippen molar-refractivity contribution in [2.75, 3.05) is 13.3 Å². The number of likely N-dealkylation sites (N-methyl/N-ethyl adjacent to an activating group) is 1. The molecule has 1 atom stereocenters. The number of aromatic nitrogens is 2. The molecule has 0 saturated heterocycles. The predicted molar refractivity (Wildman–Crippen MR) is 123 cm³/mol. The highest BCUT2D eigenvalue weighted by atomic mass is 32.2. The number of halogens is 1. The second kappa shape index (κ2) is 9.08. The summed E-state index contributed by atoms with van der Waals surface area (Å²) in [6.07, 6.45) is 4.39. The number of rotatable bonds is 6. The van der Waals surface area contributed by atoms with E-state index < -0.39 is 9.84 Å². The Morgan fingerprint density at radius 1 is 1.09 bits per heavy atom. The average molecular weight is 456 g/mol. The fourth-order valence-corrected chi connectivity index (χ4v) is 4.04. The Morgan fingerprint density at radius 3 is 2.25 bits per heavy atom. The van der Waals surface area contributed by atoms with Crippen LogP contribution in [0.2, 0.25) is 0 Å². The summed E-state index contributed by atoms with van der Waals surface area (Å²) in [4.78, 5) is 14.6. The van der Waals surface area contributed by atoms with Crippen molar-refractivity contribution >= 4 is 21.8 Å². The molecule has 6 nitrogen and oxygen atoms in total. The van der Waals surface area contributed by atoms with E-state index in [0.29, 0.717) is 0 Å². The molecule has 0 aliphatic rings. The number of aryl methyl sites for hydroxylation is 1. The molecule has 32 heavy (non-hydrogen) atoms. The normalized spacial score (nSPS) is 12.8. The van der Waals surface area contributed by atoms with E-state index in [1.165, 1.54) is 18.2 Å². The molecule has 0 fully saturated rings. The van der Waals surface area contributed by atoms with Crippen LogP contribution in [0.5, 0.6) is 0 Å². The van der Waals surface area contributed by atoms with E-state index in [-0.39, 0.29) is 22.7 Å². The Kier molecular flexibility index (Phi) is 6.64. The first kappa shape index (κ1) is 23.4. The smallest absolute Gasteiger partial charge is 0.246 e. The average Bonchev–Trinajstić information content (AvgIpc) is 3.04. The molecule has 3 aromatic rings. The zero-order valence-electron chi connectivity index (χ0n) is 18.7. The third kappa shape index (κ3) is 4.96. The summed E-state index contributed by atoms with van der Waals surface area (Å²) >= 11 is 0. The van der Waals surface area contributed by atoms with Gasteiger partial charge in [-0.1, -0.05) is 12.1 Å². The Morgan fingerprint density at radius 2 is 1.69 bits per heavy atom. The third-order valence-electron chi connectivity index (χ3n) is 5.53. The fraction of sp³-hybridized carbons (Fsp3) is 0.250. The topological polar surface area (TPSA) is 72.3 Å². The maximum absolute atomic E-state index is 13.2. The molecule has 0 aliphatic heterocycles. The van der Waals surface area contributed by atoms with Crippen LogP contribution in [-0.2, 0) is 14.6 Å². The molecule has 3 rings (SSSR count). The molecule has 1 unspecified atom stereocenters. The Labute approximate surface area is 187 Å². The van der Waals surface area contributed by atoms with Crippen LogP contribution in [0.15, 0.2) is 59.5 Å². The molecule has 8 heteroatoms. The summed E-state index contributed by atoms with van der Waals surface area (Å²) in [5.41, 5.74) is 3.98. The Balaban J connectivity index is 1.78. The van der Waals surface area contributed by atoms with Crippen molar-refractivity contribution in [3.05, 3.63) is 82.9 Å². The first-order valence-corrected chi connectivity index (χ1v) is 11.9. The van der Waals surface area contributed by atoms with Gasteiger partial charge in [0.1, 0.15) is 5.82 Å². The van der Waals surface area contributed by atoms with Gasteiger partial charge >= 0.3 is 0 Å². The van der Waals surface area contributed by atoms with Crippen LogP contribution in [0, 0.1) is 19.7 Å². The Hall–Kier alpha value is -3.26. The van der Waals surface area contributed by atoms with Gasteiger partial charge in [0, 0.05) is 30.6 Å². The second-order valence-corrected chi connectivity index (χ2v) is 9.79. The molecule has 0 saturated carbocycles. The molecule has 168 valence electrons. The van der Waals surface area contributed by atoms with Crippen LogP contribution in [0.4, 0.5) is 4.39 Å². The fourth-order valence-electron chi connectivity index (χ4n) is 3.41. The number of carbonyl (C=O) groups excluding carboxylic acids is 1. The van der Waals surface area contributed by atoms with Crippen LogP contribution in [0.3, 0.4) is 0 Å². The monoisotopic (exact) mass is 455 g/mol. The minimum atomic E-state index is -3.27. The van der Waals surface area contributed by atoms with E-state index in [0.717, 1.165) is 34.5 Å². The highest BCUT2D eigenvalue weighted by Gasteiger charge is 2.17. The van der Waals surface area contributed by atoms with Crippen molar-refractivity contribution in [2.45, 2.75) is 31.7 Å². The molecule has 0 aliphatic carbocycles. The van der Waals surface area contributed by atoms with Crippen molar-refractivity contribution in [2.24, 2.45) is 0 Å². The maximum Gasteiger partial charge on any atom is 0.246 e. The molecule has 0 bridgehead atoms. The minimum Gasteiger partial charge on any atom is -0.335 e. The number of carbonyl (C=O) groups is 1. The number of sulfone groups is 1. The largest absolute Gasteiger partial charge is 0.335 e. The lowest BCUT2D eigenvalue weighted by atomic mass is 10.1.